The van der Waals surface area contributed by atoms with Crippen molar-refractivity contribution in [2.24, 2.45) is 0 Å². The molecule has 1 aromatic rings. The lowest BCUT2D eigenvalue weighted by Crippen LogP contribution is -2.32. The third-order valence-corrected chi connectivity index (χ3v) is 2.35. The zero-order valence-electron chi connectivity index (χ0n) is 9.14. The van der Waals surface area contributed by atoms with E-state index in [1.165, 1.54) is 0 Å². The van der Waals surface area contributed by atoms with E-state index in [1.807, 2.05) is 0 Å². The van der Waals surface area contributed by atoms with Gasteiger partial charge in [0.05, 0.1) is 5.70 Å². The highest BCUT2D eigenvalue weighted by molar-refractivity contribution is 6.49. The third kappa shape index (κ3) is 2.24. The number of carbonyl (C=O) groups excluding carboxylic acids is 3. The van der Waals surface area contributed by atoms with Gasteiger partial charge in [-0.15, -0.1) is 0 Å². The van der Waals surface area contributed by atoms with Gasteiger partial charge in [0.25, 0.3) is 17.5 Å². The Kier molecular flexibility index (Phi) is 3.14. The Balaban J connectivity index is 2.18. The predicted octanol–water partition coefficient (Wildman–Crippen LogP) is 1.31. The summed E-state index contributed by atoms with van der Waals surface area (Å²) in [4.78, 5) is 34.2. The van der Waals surface area contributed by atoms with Gasteiger partial charge < -0.3 is 5.32 Å². The molecule has 1 aliphatic rings. The Labute approximate surface area is 102 Å². The maximum atomic E-state index is 12.8. The van der Waals surface area contributed by atoms with Crippen molar-refractivity contribution in [1.29, 1.82) is 0 Å². The lowest BCUT2D eigenvalue weighted by Gasteiger charge is -2.10. The van der Waals surface area contributed by atoms with Crippen molar-refractivity contribution < 1.29 is 18.8 Å². The average molecular weight is 245 g/mol. The first-order valence-electron chi connectivity index (χ1n) is 5.12. The lowest BCUT2D eigenvalue weighted by molar-refractivity contribution is -0.133. The van der Waals surface area contributed by atoms with Crippen molar-refractivity contribution in [3.8, 4) is 0 Å². The van der Waals surface area contributed by atoms with Crippen LogP contribution in [0.1, 0.15) is 10.4 Å². The minimum absolute atomic E-state index is 0.227. The van der Waals surface area contributed by atoms with E-state index in [2.05, 4.69) is 5.32 Å². The molecule has 1 aliphatic carbocycles. The Morgan fingerprint density at radius 1 is 1.00 bits per heavy atom. The first-order valence-corrected chi connectivity index (χ1v) is 5.12. The SMILES string of the molecule is O=C1C(=O)C(NC(=O)c2ccccc2)=CC=C1F. The second-order valence-electron chi connectivity index (χ2n) is 3.57. The molecule has 0 saturated carbocycles. The van der Waals surface area contributed by atoms with Crippen LogP contribution in [-0.4, -0.2) is 17.5 Å². The molecule has 1 amide bonds. The second kappa shape index (κ2) is 4.75. The van der Waals surface area contributed by atoms with Gasteiger partial charge in [-0.25, -0.2) is 4.39 Å². The van der Waals surface area contributed by atoms with E-state index in [1.54, 1.807) is 30.3 Å². The van der Waals surface area contributed by atoms with Gasteiger partial charge in [-0.3, -0.25) is 14.4 Å². The number of rotatable bonds is 2. The Hall–Kier alpha value is -2.56. The topological polar surface area (TPSA) is 63.2 Å². The zero-order valence-corrected chi connectivity index (χ0v) is 9.14. The quantitative estimate of drug-likeness (QED) is 0.631. The molecular weight excluding hydrogens is 237 g/mol. The molecule has 4 nitrogen and oxygen atoms in total. The standard InChI is InChI=1S/C13H8FNO3/c14-9-6-7-10(12(17)11(9)16)15-13(18)8-4-2-1-3-5-8/h1-7H,(H,15,18). The van der Waals surface area contributed by atoms with Gasteiger partial charge in [-0.2, -0.15) is 0 Å². The first kappa shape index (κ1) is 11.9. The summed E-state index contributed by atoms with van der Waals surface area (Å²) in [6, 6.07) is 8.18. The molecule has 0 atom stereocenters. The maximum absolute atomic E-state index is 12.8. The summed E-state index contributed by atoms with van der Waals surface area (Å²) >= 11 is 0. The number of halogens is 1. The van der Waals surface area contributed by atoms with E-state index >= 15 is 0 Å². The Bertz CT molecular complexity index is 588. The highest BCUT2D eigenvalue weighted by Crippen LogP contribution is 2.11. The van der Waals surface area contributed by atoms with Gasteiger partial charge >= 0.3 is 0 Å². The number of hydrogen-bond acceptors (Lipinski definition) is 3. The first-order chi connectivity index (χ1) is 8.59. The molecule has 0 bridgehead atoms. The fraction of sp³-hybridized carbons (Fsp3) is 0. The predicted molar refractivity (Wildman–Crippen MR) is 61.2 cm³/mol. The van der Waals surface area contributed by atoms with Crippen LogP contribution in [0.25, 0.3) is 0 Å². The van der Waals surface area contributed by atoms with E-state index in [-0.39, 0.29) is 5.70 Å². The Morgan fingerprint density at radius 3 is 2.33 bits per heavy atom. The normalized spacial score (nSPS) is 14.9. The van der Waals surface area contributed by atoms with Crippen LogP contribution in [0, 0.1) is 0 Å². The molecule has 0 fully saturated rings. The minimum atomic E-state index is -1.25. The summed E-state index contributed by atoms with van der Waals surface area (Å²) in [5.41, 5.74) is 0.115. The number of benzene rings is 1. The van der Waals surface area contributed by atoms with Gasteiger partial charge in [-0.1, -0.05) is 18.2 Å². The summed E-state index contributed by atoms with van der Waals surface area (Å²) in [5.74, 6) is -3.96. The van der Waals surface area contributed by atoms with Crippen molar-refractivity contribution >= 4 is 17.5 Å². The highest BCUT2D eigenvalue weighted by Gasteiger charge is 2.27. The van der Waals surface area contributed by atoms with Crippen LogP contribution in [0.4, 0.5) is 4.39 Å². The van der Waals surface area contributed by atoms with Gasteiger partial charge in [0.2, 0.25) is 0 Å². The van der Waals surface area contributed by atoms with Crippen molar-refractivity contribution in [2.45, 2.75) is 0 Å². The van der Waals surface area contributed by atoms with E-state index in [9.17, 15) is 18.8 Å². The van der Waals surface area contributed by atoms with Crippen molar-refractivity contribution in [3.63, 3.8) is 0 Å². The number of hydrogen-bond donors (Lipinski definition) is 1. The number of nitrogens with one attached hydrogen (secondary N) is 1. The molecule has 0 unspecified atom stereocenters. The number of Topliss-reactive ketones (excluding diaryl/α,β-unsaturated/α-hetero) is 2. The fourth-order valence-corrected chi connectivity index (χ4v) is 1.42. The van der Waals surface area contributed by atoms with Crippen molar-refractivity contribution in [1.82, 2.24) is 5.32 Å². The van der Waals surface area contributed by atoms with Crippen LogP contribution in [-0.2, 0) is 9.59 Å². The van der Waals surface area contributed by atoms with Crippen LogP contribution >= 0.6 is 0 Å². The van der Waals surface area contributed by atoms with E-state index in [0.29, 0.717) is 5.56 Å². The summed E-state index contributed by atoms with van der Waals surface area (Å²) < 4.78 is 12.8. The van der Waals surface area contributed by atoms with Gasteiger partial charge in [0, 0.05) is 5.56 Å². The second-order valence-corrected chi connectivity index (χ2v) is 3.57. The smallest absolute Gasteiger partial charge is 0.263 e. The number of allylic oxidation sites excluding steroid dienone is 4. The van der Waals surface area contributed by atoms with Gasteiger partial charge in [-0.05, 0) is 24.3 Å². The molecule has 90 valence electrons. The van der Waals surface area contributed by atoms with Crippen LogP contribution in [0.15, 0.2) is 54.0 Å². The number of amides is 1. The van der Waals surface area contributed by atoms with Crippen molar-refractivity contribution in [2.75, 3.05) is 0 Å². The largest absolute Gasteiger partial charge is 0.319 e. The molecule has 0 spiro atoms. The van der Waals surface area contributed by atoms with Gasteiger partial charge in [0.15, 0.2) is 5.83 Å². The molecule has 18 heavy (non-hydrogen) atoms. The van der Waals surface area contributed by atoms with Crippen molar-refractivity contribution in [3.05, 3.63) is 59.6 Å². The minimum Gasteiger partial charge on any atom is -0.319 e. The molecule has 1 N–H and O–H groups in total. The summed E-state index contributed by atoms with van der Waals surface area (Å²) in [7, 11) is 0. The molecule has 0 radical (unpaired) electrons. The maximum Gasteiger partial charge on any atom is 0.263 e. The van der Waals surface area contributed by atoms with E-state index in [0.717, 1.165) is 12.2 Å². The molecule has 0 aliphatic heterocycles. The van der Waals surface area contributed by atoms with Crippen LogP contribution in [0.5, 0.6) is 0 Å². The molecule has 0 saturated heterocycles. The lowest BCUT2D eigenvalue weighted by atomic mass is 10.1. The van der Waals surface area contributed by atoms with Crippen LogP contribution in [0.2, 0.25) is 0 Å². The average Bonchev–Trinajstić information content (AvgIpc) is 2.40. The Morgan fingerprint density at radius 2 is 1.67 bits per heavy atom. The monoisotopic (exact) mass is 245 g/mol. The zero-order chi connectivity index (χ0) is 13.1. The molecule has 5 heteroatoms. The third-order valence-electron chi connectivity index (χ3n) is 2.35. The van der Waals surface area contributed by atoms with E-state index in [4.69, 9.17) is 0 Å². The van der Waals surface area contributed by atoms with Gasteiger partial charge in [0.1, 0.15) is 0 Å². The highest BCUT2D eigenvalue weighted by atomic mass is 19.1. The molecule has 2 rings (SSSR count). The number of carbonyl (C=O) groups is 3. The molecular formula is C13H8FNO3. The summed E-state index contributed by atoms with van der Waals surface area (Å²) in [6.07, 6.45) is 1.92. The summed E-state index contributed by atoms with van der Waals surface area (Å²) in [6.45, 7) is 0. The van der Waals surface area contributed by atoms with E-state index < -0.39 is 23.3 Å². The number of ketones is 2. The summed E-state index contributed by atoms with van der Waals surface area (Å²) in [5, 5.41) is 2.28. The molecule has 0 aromatic heterocycles. The molecule has 0 heterocycles. The molecule has 1 aromatic carbocycles. The van der Waals surface area contributed by atoms with Crippen LogP contribution < -0.4 is 5.32 Å². The fourth-order valence-electron chi connectivity index (χ4n) is 1.42. The van der Waals surface area contributed by atoms with Crippen LogP contribution in [0.3, 0.4) is 0 Å².